The maximum atomic E-state index is 9.56. The summed E-state index contributed by atoms with van der Waals surface area (Å²) in [4.78, 5) is 2.26. The van der Waals surface area contributed by atoms with Crippen LogP contribution in [0.3, 0.4) is 0 Å². The molecule has 0 saturated carbocycles. The van der Waals surface area contributed by atoms with Crippen molar-refractivity contribution in [3.05, 3.63) is 52.5 Å². The van der Waals surface area contributed by atoms with Gasteiger partial charge in [0, 0.05) is 25.2 Å². The summed E-state index contributed by atoms with van der Waals surface area (Å²) in [5, 5.41) is 19.6. The van der Waals surface area contributed by atoms with Crippen LogP contribution in [0.1, 0.15) is 24.0 Å². The van der Waals surface area contributed by atoms with E-state index in [0.717, 1.165) is 54.7 Å². The van der Waals surface area contributed by atoms with E-state index in [2.05, 4.69) is 4.90 Å². The van der Waals surface area contributed by atoms with Gasteiger partial charge in [0.1, 0.15) is 5.75 Å². The maximum absolute atomic E-state index is 9.56. The fourth-order valence-electron chi connectivity index (χ4n) is 3.46. The third-order valence-electron chi connectivity index (χ3n) is 4.99. The highest BCUT2D eigenvalue weighted by atomic mass is 35.5. The average Bonchev–Trinajstić information content (AvgIpc) is 3.06. The first kappa shape index (κ1) is 19.2. The Bertz CT molecular complexity index is 750. The molecule has 0 aromatic heterocycles. The van der Waals surface area contributed by atoms with E-state index in [4.69, 9.17) is 16.3 Å². The molecule has 1 heterocycles. The Morgan fingerprint density at radius 1 is 1.19 bits per heavy atom. The second kappa shape index (κ2) is 8.87. The number of nitrogens with zero attached hydrogens (tertiary/aromatic N) is 1. The summed E-state index contributed by atoms with van der Waals surface area (Å²) < 4.78 is 5.91. The van der Waals surface area contributed by atoms with Gasteiger partial charge in [-0.05, 0) is 42.5 Å². The molecule has 0 bridgehead atoms. The summed E-state index contributed by atoms with van der Waals surface area (Å²) in [6, 6.07) is 11.7. The monoisotopic (exact) mass is 375 g/mol. The first-order valence-corrected chi connectivity index (χ1v) is 9.49. The minimum Gasteiger partial charge on any atom is -0.492 e. The highest BCUT2D eigenvalue weighted by Crippen LogP contribution is 2.37. The molecule has 4 nitrogen and oxygen atoms in total. The standard InChI is InChI=1S/C21H26ClNO3/c1-15-16(14-24)5-2-6-18(15)19-7-3-8-20(21(19)22)26-12-4-10-23-11-9-17(25)13-23/h2-3,5-8,17,24-25H,4,9-14H2,1H3/t17-/m1/s1. The van der Waals surface area contributed by atoms with Crippen molar-refractivity contribution in [2.75, 3.05) is 26.2 Å². The van der Waals surface area contributed by atoms with Crippen LogP contribution in [0.4, 0.5) is 0 Å². The van der Waals surface area contributed by atoms with Gasteiger partial charge in [-0.25, -0.2) is 0 Å². The van der Waals surface area contributed by atoms with E-state index in [1.54, 1.807) is 0 Å². The molecule has 1 aliphatic rings. The quantitative estimate of drug-likeness (QED) is 0.725. The Hall–Kier alpha value is -1.59. The van der Waals surface area contributed by atoms with Crippen molar-refractivity contribution in [3.63, 3.8) is 0 Å². The third kappa shape index (κ3) is 4.38. The lowest BCUT2D eigenvalue weighted by Crippen LogP contribution is -2.24. The number of hydrogen-bond donors (Lipinski definition) is 2. The summed E-state index contributed by atoms with van der Waals surface area (Å²) in [5.74, 6) is 0.680. The van der Waals surface area contributed by atoms with Gasteiger partial charge in [0.15, 0.2) is 0 Å². The SMILES string of the molecule is Cc1c(CO)cccc1-c1cccc(OCCCN2CC[C@@H](O)C2)c1Cl. The summed E-state index contributed by atoms with van der Waals surface area (Å²) >= 11 is 6.61. The molecule has 0 unspecified atom stereocenters. The van der Waals surface area contributed by atoms with Crippen LogP contribution in [0.5, 0.6) is 5.75 Å². The van der Waals surface area contributed by atoms with Crippen LogP contribution in [-0.4, -0.2) is 47.5 Å². The highest BCUT2D eigenvalue weighted by molar-refractivity contribution is 6.34. The van der Waals surface area contributed by atoms with E-state index >= 15 is 0 Å². The fourth-order valence-corrected chi connectivity index (χ4v) is 3.74. The van der Waals surface area contributed by atoms with Gasteiger partial charge in [-0.2, -0.15) is 0 Å². The molecule has 1 saturated heterocycles. The molecule has 5 heteroatoms. The molecule has 3 rings (SSSR count). The maximum Gasteiger partial charge on any atom is 0.138 e. The number of aliphatic hydroxyl groups is 2. The molecule has 0 amide bonds. The van der Waals surface area contributed by atoms with E-state index in [-0.39, 0.29) is 12.7 Å². The van der Waals surface area contributed by atoms with Crippen molar-refractivity contribution >= 4 is 11.6 Å². The Kier molecular flexibility index (Phi) is 6.54. The topological polar surface area (TPSA) is 52.9 Å². The van der Waals surface area contributed by atoms with E-state index in [1.807, 2.05) is 43.3 Å². The second-order valence-corrected chi connectivity index (χ2v) is 7.19. The van der Waals surface area contributed by atoms with Crippen molar-refractivity contribution < 1.29 is 14.9 Å². The van der Waals surface area contributed by atoms with Gasteiger partial charge < -0.3 is 19.8 Å². The number of aliphatic hydroxyl groups excluding tert-OH is 2. The molecular formula is C21H26ClNO3. The summed E-state index contributed by atoms with van der Waals surface area (Å²) in [7, 11) is 0. The zero-order valence-electron chi connectivity index (χ0n) is 15.1. The number of β-amino-alcohol motifs (C(OH)–C–C–N with tert-alkyl or cyclic N) is 1. The minimum absolute atomic E-state index is 0.0126. The van der Waals surface area contributed by atoms with Crippen LogP contribution in [0.2, 0.25) is 5.02 Å². The van der Waals surface area contributed by atoms with Crippen molar-refractivity contribution in [1.29, 1.82) is 0 Å². The first-order chi connectivity index (χ1) is 12.6. The zero-order valence-corrected chi connectivity index (χ0v) is 15.9. The van der Waals surface area contributed by atoms with Gasteiger partial charge in [0.05, 0.1) is 24.3 Å². The molecule has 0 spiro atoms. The first-order valence-electron chi connectivity index (χ1n) is 9.11. The number of likely N-dealkylation sites (tertiary alicyclic amines) is 1. The normalized spacial score (nSPS) is 17.6. The van der Waals surface area contributed by atoms with Gasteiger partial charge in [0.2, 0.25) is 0 Å². The molecule has 26 heavy (non-hydrogen) atoms. The molecule has 1 atom stereocenters. The van der Waals surface area contributed by atoms with Gasteiger partial charge >= 0.3 is 0 Å². The lowest BCUT2D eigenvalue weighted by molar-refractivity contribution is 0.173. The summed E-state index contributed by atoms with van der Waals surface area (Å²) in [5.41, 5.74) is 3.86. The number of rotatable bonds is 7. The molecular weight excluding hydrogens is 350 g/mol. The molecule has 2 aromatic carbocycles. The van der Waals surface area contributed by atoms with Crippen molar-refractivity contribution in [2.45, 2.75) is 32.5 Å². The van der Waals surface area contributed by atoms with Crippen LogP contribution >= 0.6 is 11.6 Å². The predicted molar refractivity (Wildman–Crippen MR) is 105 cm³/mol. The van der Waals surface area contributed by atoms with E-state index < -0.39 is 0 Å². The van der Waals surface area contributed by atoms with Crippen molar-refractivity contribution in [2.24, 2.45) is 0 Å². The smallest absolute Gasteiger partial charge is 0.138 e. The fraction of sp³-hybridized carbons (Fsp3) is 0.429. The molecule has 2 N–H and O–H groups in total. The second-order valence-electron chi connectivity index (χ2n) is 6.81. The Balaban J connectivity index is 1.66. The third-order valence-corrected chi connectivity index (χ3v) is 5.38. The predicted octanol–water partition coefficient (Wildman–Crippen LogP) is 3.64. The van der Waals surface area contributed by atoms with Crippen molar-refractivity contribution in [3.8, 4) is 16.9 Å². The van der Waals surface area contributed by atoms with E-state index in [1.165, 1.54) is 0 Å². The van der Waals surface area contributed by atoms with E-state index in [0.29, 0.717) is 17.4 Å². The largest absolute Gasteiger partial charge is 0.492 e. The number of ether oxygens (including phenoxy) is 1. The summed E-state index contributed by atoms with van der Waals surface area (Å²) in [6.07, 6.45) is 1.58. The van der Waals surface area contributed by atoms with Crippen LogP contribution in [0.15, 0.2) is 36.4 Å². The van der Waals surface area contributed by atoms with Crippen molar-refractivity contribution in [1.82, 2.24) is 4.90 Å². The van der Waals surface area contributed by atoms with Gasteiger partial charge in [-0.3, -0.25) is 0 Å². The van der Waals surface area contributed by atoms with Crippen LogP contribution in [-0.2, 0) is 6.61 Å². The van der Waals surface area contributed by atoms with Gasteiger partial charge in [-0.15, -0.1) is 0 Å². The lowest BCUT2D eigenvalue weighted by Gasteiger charge is -2.16. The van der Waals surface area contributed by atoms with Gasteiger partial charge in [-0.1, -0.05) is 41.9 Å². The lowest BCUT2D eigenvalue weighted by atomic mass is 9.96. The van der Waals surface area contributed by atoms with Crippen LogP contribution in [0, 0.1) is 6.92 Å². The highest BCUT2D eigenvalue weighted by Gasteiger charge is 2.19. The van der Waals surface area contributed by atoms with Gasteiger partial charge in [0.25, 0.3) is 0 Å². The minimum atomic E-state index is -0.181. The molecule has 140 valence electrons. The molecule has 0 radical (unpaired) electrons. The average molecular weight is 376 g/mol. The number of halogens is 1. The van der Waals surface area contributed by atoms with Crippen LogP contribution < -0.4 is 4.74 Å². The zero-order chi connectivity index (χ0) is 18.5. The molecule has 1 aliphatic heterocycles. The molecule has 0 aliphatic carbocycles. The summed E-state index contributed by atoms with van der Waals surface area (Å²) in [6.45, 7) is 5.24. The molecule has 1 fully saturated rings. The Labute approximate surface area is 160 Å². The Morgan fingerprint density at radius 3 is 2.69 bits per heavy atom. The van der Waals surface area contributed by atoms with Crippen LogP contribution in [0.25, 0.3) is 11.1 Å². The van der Waals surface area contributed by atoms with E-state index in [9.17, 15) is 10.2 Å². The molecule has 2 aromatic rings. The number of benzene rings is 2. The number of hydrogen-bond acceptors (Lipinski definition) is 4. The Morgan fingerprint density at radius 2 is 1.96 bits per heavy atom.